The zero-order valence-corrected chi connectivity index (χ0v) is 14.5. The summed E-state index contributed by atoms with van der Waals surface area (Å²) < 4.78 is 1.84. The number of carbonyl (C=O) groups excluding carboxylic acids is 1. The second-order valence-electron chi connectivity index (χ2n) is 6.66. The number of likely N-dealkylation sites (tertiary alicyclic amines) is 1. The molecule has 5 heteroatoms. The molecule has 1 aromatic heterocycles. The second kappa shape index (κ2) is 7.62. The largest absolute Gasteiger partial charge is 0.352 e. The molecule has 1 saturated heterocycles. The maximum atomic E-state index is 11.6. The summed E-state index contributed by atoms with van der Waals surface area (Å²) in [4.78, 5) is 14.1. The Kier molecular flexibility index (Phi) is 5.30. The first-order valence-corrected chi connectivity index (χ1v) is 8.65. The van der Waals surface area contributed by atoms with Crippen LogP contribution in [0.2, 0.25) is 0 Å². The summed E-state index contributed by atoms with van der Waals surface area (Å²) in [5, 5.41) is 7.69. The molecule has 1 N–H and O–H groups in total. The van der Waals surface area contributed by atoms with Crippen LogP contribution < -0.4 is 5.32 Å². The average Bonchev–Trinajstić information content (AvgIpc) is 2.96. The molecule has 0 saturated carbocycles. The van der Waals surface area contributed by atoms with Gasteiger partial charge in [-0.2, -0.15) is 5.10 Å². The fraction of sp³-hybridized carbons (Fsp3) is 0.474. The smallest absolute Gasteiger partial charge is 0.217 e. The molecule has 1 fully saturated rings. The van der Waals surface area contributed by atoms with Crippen LogP contribution in [0.15, 0.2) is 42.6 Å². The molecule has 0 aliphatic carbocycles. The number of nitrogens with zero attached hydrogens (tertiary/aromatic N) is 3. The number of carbonyl (C=O) groups is 1. The van der Waals surface area contributed by atoms with Crippen LogP contribution in [0.25, 0.3) is 0 Å². The van der Waals surface area contributed by atoms with Gasteiger partial charge < -0.3 is 5.32 Å². The number of piperidine rings is 1. The molecule has 24 heavy (non-hydrogen) atoms. The lowest BCUT2D eigenvalue weighted by atomic mass is 9.90. The Bertz CT molecular complexity index is 667. The van der Waals surface area contributed by atoms with Gasteiger partial charge in [-0.05, 0) is 37.4 Å². The second-order valence-corrected chi connectivity index (χ2v) is 6.66. The molecule has 0 bridgehead atoms. The monoisotopic (exact) mass is 326 g/mol. The minimum atomic E-state index is 0.0535. The molecule has 3 rings (SSSR count). The number of amides is 1. The first-order chi connectivity index (χ1) is 11.6. The van der Waals surface area contributed by atoms with Gasteiger partial charge in [0.25, 0.3) is 0 Å². The van der Waals surface area contributed by atoms with Gasteiger partial charge in [-0.1, -0.05) is 30.3 Å². The molecule has 0 spiro atoms. The van der Waals surface area contributed by atoms with Crippen LogP contribution >= 0.6 is 0 Å². The van der Waals surface area contributed by atoms with Gasteiger partial charge in [0, 0.05) is 38.8 Å². The predicted octanol–water partition coefficient (Wildman–Crippen LogP) is 2.13. The third-order valence-electron chi connectivity index (χ3n) is 4.70. The SMILES string of the molecule is CC(=O)N[C@H]1CCCN(Cc2ccn(C)n2)[C@H]1Cc1ccccc1. The van der Waals surface area contributed by atoms with E-state index in [0.29, 0.717) is 6.04 Å². The zero-order chi connectivity index (χ0) is 16.9. The van der Waals surface area contributed by atoms with Crippen molar-refractivity contribution in [3.63, 3.8) is 0 Å². The van der Waals surface area contributed by atoms with Crippen molar-refractivity contribution in [3.8, 4) is 0 Å². The fourth-order valence-corrected chi connectivity index (χ4v) is 3.64. The third kappa shape index (κ3) is 4.23. The molecule has 1 amide bonds. The molecule has 2 atom stereocenters. The molecule has 5 nitrogen and oxygen atoms in total. The Morgan fingerprint density at radius 1 is 1.29 bits per heavy atom. The fourth-order valence-electron chi connectivity index (χ4n) is 3.64. The van der Waals surface area contributed by atoms with Crippen LogP contribution in [0.1, 0.15) is 31.0 Å². The Morgan fingerprint density at radius 3 is 2.75 bits per heavy atom. The highest BCUT2D eigenvalue weighted by Crippen LogP contribution is 2.23. The molecule has 128 valence electrons. The van der Waals surface area contributed by atoms with Crippen molar-refractivity contribution in [1.29, 1.82) is 0 Å². The van der Waals surface area contributed by atoms with E-state index in [1.165, 1.54) is 5.56 Å². The Morgan fingerprint density at radius 2 is 2.08 bits per heavy atom. The summed E-state index contributed by atoms with van der Waals surface area (Å²) in [5.74, 6) is 0.0535. The van der Waals surface area contributed by atoms with Crippen molar-refractivity contribution in [3.05, 3.63) is 53.9 Å². The Hall–Kier alpha value is -2.14. The van der Waals surface area contributed by atoms with Crippen molar-refractivity contribution >= 4 is 5.91 Å². The van der Waals surface area contributed by atoms with Gasteiger partial charge in [0.2, 0.25) is 5.91 Å². The number of aryl methyl sites for hydroxylation is 1. The number of nitrogens with one attached hydrogen (secondary N) is 1. The lowest BCUT2D eigenvalue weighted by Crippen LogP contribution is -2.55. The maximum Gasteiger partial charge on any atom is 0.217 e. The minimum absolute atomic E-state index is 0.0535. The summed E-state index contributed by atoms with van der Waals surface area (Å²) in [6.07, 6.45) is 5.06. The van der Waals surface area contributed by atoms with E-state index in [1.54, 1.807) is 6.92 Å². The molecule has 1 aliphatic heterocycles. The minimum Gasteiger partial charge on any atom is -0.352 e. The van der Waals surface area contributed by atoms with Gasteiger partial charge in [0.05, 0.1) is 5.69 Å². The summed E-state index contributed by atoms with van der Waals surface area (Å²) in [5.41, 5.74) is 2.39. The van der Waals surface area contributed by atoms with E-state index in [0.717, 1.165) is 38.0 Å². The summed E-state index contributed by atoms with van der Waals surface area (Å²) in [6, 6.07) is 13.1. The van der Waals surface area contributed by atoms with Gasteiger partial charge in [0.1, 0.15) is 0 Å². The van der Waals surface area contributed by atoms with E-state index >= 15 is 0 Å². The van der Waals surface area contributed by atoms with Crippen LogP contribution in [0.4, 0.5) is 0 Å². The van der Waals surface area contributed by atoms with E-state index in [4.69, 9.17) is 0 Å². The van der Waals surface area contributed by atoms with E-state index < -0.39 is 0 Å². The average molecular weight is 326 g/mol. The maximum absolute atomic E-state index is 11.6. The van der Waals surface area contributed by atoms with Crippen molar-refractivity contribution in [1.82, 2.24) is 20.0 Å². The third-order valence-corrected chi connectivity index (χ3v) is 4.70. The number of rotatable bonds is 5. The highest BCUT2D eigenvalue weighted by Gasteiger charge is 2.32. The summed E-state index contributed by atoms with van der Waals surface area (Å²) in [6.45, 7) is 3.48. The normalized spacial score (nSPS) is 21.6. The molecular formula is C19H26N4O. The molecule has 2 heterocycles. The highest BCUT2D eigenvalue weighted by atomic mass is 16.1. The van der Waals surface area contributed by atoms with Gasteiger partial charge in [-0.3, -0.25) is 14.4 Å². The molecule has 1 aliphatic rings. The van der Waals surface area contributed by atoms with Gasteiger partial charge >= 0.3 is 0 Å². The molecule has 0 radical (unpaired) electrons. The van der Waals surface area contributed by atoms with Crippen molar-refractivity contribution in [2.24, 2.45) is 7.05 Å². The molecular weight excluding hydrogens is 300 g/mol. The number of aromatic nitrogens is 2. The number of hydrogen-bond acceptors (Lipinski definition) is 3. The topological polar surface area (TPSA) is 50.2 Å². The summed E-state index contributed by atoms with van der Waals surface area (Å²) in [7, 11) is 1.95. The first kappa shape index (κ1) is 16.7. The molecule has 1 aromatic carbocycles. The van der Waals surface area contributed by atoms with E-state index in [9.17, 15) is 4.79 Å². The Balaban J connectivity index is 1.79. The highest BCUT2D eigenvalue weighted by molar-refractivity contribution is 5.73. The van der Waals surface area contributed by atoms with E-state index in [-0.39, 0.29) is 11.9 Å². The standard InChI is InChI=1S/C19H26N4O/c1-15(24)20-18-9-6-11-23(14-17-10-12-22(2)21-17)19(18)13-16-7-4-3-5-8-16/h3-5,7-8,10,12,18-19H,6,9,11,13-14H2,1-2H3,(H,20,24)/t18-,19-/m0/s1. The van der Waals surface area contributed by atoms with Gasteiger partial charge in [-0.25, -0.2) is 0 Å². The van der Waals surface area contributed by atoms with E-state index in [1.807, 2.05) is 24.0 Å². The first-order valence-electron chi connectivity index (χ1n) is 8.65. The molecule has 0 unspecified atom stereocenters. The number of benzene rings is 1. The zero-order valence-electron chi connectivity index (χ0n) is 14.5. The van der Waals surface area contributed by atoms with Crippen molar-refractivity contribution < 1.29 is 4.79 Å². The predicted molar refractivity (Wildman–Crippen MR) is 94.4 cm³/mol. The van der Waals surface area contributed by atoms with Crippen LogP contribution in [0.5, 0.6) is 0 Å². The lowest BCUT2D eigenvalue weighted by molar-refractivity contribution is -0.120. The molecule has 2 aromatic rings. The van der Waals surface area contributed by atoms with E-state index in [2.05, 4.69) is 45.6 Å². The van der Waals surface area contributed by atoms with Crippen LogP contribution in [-0.4, -0.2) is 39.2 Å². The van der Waals surface area contributed by atoms with Gasteiger partial charge in [0.15, 0.2) is 0 Å². The lowest BCUT2D eigenvalue weighted by Gasteiger charge is -2.41. The van der Waals surface area contributed by atoms with Crippen LogP contribution in [-0.2, 0) is 24.8 Å². The van der Waals surface area contributed by atoms with Crippen molar-refractivity contribution in [2.45, 2.75) is 44.8 Å². The summed E-state index contributed by atoms with van der Waals surface area (Å²) >= 11 is 0. The quantitative estimate of drug-likeness (QED) is 0.916. The van der Waals surface area contributed by atoms with Crippen molar-refractivity contribution in [2.75, 3.05) is 6.54 Å². The van der Waals surface area contributed by atoms with Crippen LogP contribution in [0, 0.1) is 0 Å². The van der Waals surface area contributed by atoms with Crippen LogP contribution in [0.3, 0.4) is 0 Å². The Labute approximate surface area is 143 Å². The van der Waals surface area contributed by atoms with Gasteiger partial charge in [-0.15, -0.1) is 0 Å². The number of hydrogen-bond donors (Lipinski definition) is 1.